The van der Waals surface area contributed by atoms with Crippen molar-refractivity contribution in [2.75, 3.05) is 7.11 Å². The van der Waals surface area contributed by atoms with E-state index in [1.807, 2.05) is 84.9 Å². The molecule has 48 heavy (non-hydrogen) atoms. The molecule has 8 nitrogen and oxygen atoms in total. The number of phenols is 1. The van der Waals surface area contributed by atoms with Gasteiger partial charge in [-0.05, 0) is 95.1 Å². The Balaban J connectivity index is 0.000000177. The number of esters is 1. The van der Waals surface area contributed by atoms with Crippen LogP contribution in [0.15, 0.2) is 130 Å². The van der Waals surface area contributed by atoms with Crippen LogP contribution in [-0.2, 0) is 17.2 Å². The fourth-order valence-corrected chi connectivity index (χ4v) is 4.46. The molecular formula is C37H29Cl3O8. The normalized spacial score (nSPS) is 10.2. The van der Waals surface area contributed by atoms with Crippen molar-refractivity contribution in [3.05, 3.63) is 154 Å². The van der Waals surface area contributed by atoms with Gasteiger partial charge < -0.3 is 28.5 Å². The molecule has 0 spiro atoms. The molecule has 0 aliphatic heterocycles. The first-order valence-electron chi connectivity index (χ1n) is 14.2. The van der Waals surface area contributed by atoms with Crippen LogP contribution in [0.5, 0.6) is 11.5 Å². The lowest BCUT2D eigenvalue weighted by molar-refractivity contribution is 0.0562. The molecule has 0 saturated carbocycles. The van der Waals surface area contributed by atoms with E-state index in [1.165, 1.54) is 19.2 Å². The number of phenolic OH excluding ortho intramolecular Hbond substituents is 1. The van der Waals surface area contributed by atoms with Crippen LogP contribution < -0.4 is 4.74 Å². The molecule has 4 aromatic carbocycles. The van der Waals surface area contributed by atoms with Crippen molar-refractivity contribution in [3.63, 3.8) is 0 Å². The lowest BCUT2D eigenvalue weighted by Crippen LogP contribution is -1.98. The van der Waals surface area contributed by atoms with Gasteiger partial charge in [0, 0.05) is 10.0 Å². The van der Waals surface area contributed by atoms with Gasteiger partial charge in [-0.1, -0.05) is 71.7 Å². The van der Waals surface area contributed by atoms with Crippen molar-refractivity contribution >= 4 is 46.7 Å². The SMILES string of the molecule is COC(=O)c1ccc(CCl)o1.O=C(O)c1ccc(COc2ccc(-c3ccc(Cl)cc3)cc2)o1.Oc1ccc(-c2ccc(Cl)cc2)cc1. The maximum absolute atomic E-state index is 10.8. The van der Waals surface area contributed by atoms with Crippen LogP contribution in [0.3, 0.4) is 0 Å². The van der Waals surface area contributed by atoms with E-state index in [2.05, 4.69) is 4.74 Å². The highest BCUT2D eigenvalue weighted by Crippen LogP contribution is 2.25. The summed E-state index contributed by atoms with van der Waals surface area (Å²) in [6.45, 7) is 0.174. The van der Waals surface area contributed by atoms with Gasteiger partial charge in [-0.3, -0.25) is 0 Å². The Kier molecular flexibility index (Phi) is 13.1. The van der Waals surface area contributed by atoms with Crippen LogP contribution in [0.2, 0.25) is 10.0 Å². The smallest absolute Gasteiger partial charge is 0.373 e. The molecule has 2 heterocycles. The van der Waals surface area contributed by atoms with Crippen molar-refractivity contribution in [2.24, 2.45) is 0 Å². The average molecular weight is 708 g/mol. The third-order valence-electron chi connectivity index (χ3n) is 6.51. The number of benzene rings is 4. The van der Waals surface area contributed by atoms with E-state index in [1.54, 1.807) is 24.3 Å². The average Bonchev–Trinajstić information content (AvgIpc) is 3.80. The fraction of sp³-hybridized carbons (Fsp3) is 0.0811. The second-order valence-corrected chi connectivity index (χ2v) is 11.0. The third kappa shape index (κ3) is 10.7. The maximum atomic E-state index is 10.8. The molecule has 0 atom stereocenters. The summed E-state index contributed by atoms with van der Waals surface area (Å²) in [5, 5.41) is 19.4. The van der Waals surface area contributed by atoms with Gasteiger partial charge in [-0.2, -0.15) is 0 Å². The quantitative estimate of drug-likeness (QED) is 0.118. The number of furan rings is 2. The zero-order valence-electron chi connectivity index (χ0n) is 25.4. The van der Waals surface area contributed by atoms with Crippen LogP contribution in [0.1, 0.15) is 32.6 Å². The minimum absolute atomic E-state index is 0.0957. The van der Waals surface area contributed by atoms with E-state index >= 15 is 0 Å². The summed E-state index contributed by atoms with van der Waals surface area (Å²) >= 11 is 17.1. The predicted octanol–water partition coefficient (Wildman–Crippen LogP) is 10.4. The molecule has 0 unspecified atom stereocenters. The van der Waals surface area contributed by atoms with Gasteiger partial charge >= 0.3 is 11.9 Å². The van der Waals surface area contributed by atoms with Crippen molar-refractivity contribution in [2.45, 2.75) is 12.5 Å². The lowest BCUT2D eigenvalue weighted by Gasteiger charge is -2.06. The summed E-state index contributed by atoms with van der Waals surface area (Å²) in [6.07, 6.45) is 0. The number of halogens is 3. The zero-order chi connectivity index (χ0) is 34.5. The van der Waals surface area contributed by atoms with Gasteiger partial charge in [0.05, 0.1) is 13.0 Å². The molecule has 0 aliphatic carbocycles. The maximum Gasteiger partial charge on any atom is 0.373 e. The first-order valence-corrected chi connectivity index (χ1v) is 15.5. The molecule has 0 aliphatic rings. The van der Waals surface area contributed by atoms with E-state index in [0.717, 1.165) is 27.3 Å². The molecule has 0 radical (unpaired) electrons. The fourth-order valence-electron chi connectivity index (χ4n) is 4.07. The Morgan fingerprint density at radius 3 is 1.50 bits per heavy atom. The second-order valence-electron chi connectivity index (χ2n) is 9.84. The molecule has 6 aromatic rings. The molecule has 11 heteroatoms. The van der Waals surface area contributed by atoms with Crippen LogP contribution in [0, 0.1) is 0 Å². The molecule has 6 rings (SSSR count). The Labute approximate surface area is 291 Å². The molecule has 0 fully saturated rings. The molecule has 0 bridgehead atoms. The molecule has 2 aromatic heterocycles. The summed E-state index contributed by atoms with van der Waals surface area (Å²) < 4.78 is 20.1. The van der Waals surface area contributed by atoms with Crippen LogP contribution in [0.25, 0.3) is 22.3 Å². The number of carbonyl (C=O) groups excluding carboxylic acids is 1. The first-order chi connectivity index (χ1) is 23.1. The number of alkyl halides is 1. The van der Waals surface area contributed by atoms with Gasteiger partial charge in [-0.15, -0.1) is 11.6 Å². The van der Waals surface area contributed by atoms with Crippen molar-refractivity contribution in [1.29, 1.82) is 0 Å². The summed E-state index contributed by atoms with van der Waals surface area (Å²) in [6, 6.07) is 36.1. The Hall–Kier alpha value is -5.15. The van der Waals surface area contributed by atoms with Crippen molar-refractivity contribution in [1.82, 2.24) is 0 Å². The summed E-state index contributed by atoms with van der Waals surface area (Å²) in [7, 11) is 1.30. The third-order valence-corrected chi connectivity index (χ3v) is 7.28. The monoisotopic (exact) mass is 706 g/mol. The van der Waals surface area contributed by atoms with E-state index in [9.17, 15) is 9.59 Å². The molecule has 0 amide bonds. The van der Waals surface area contributed by atoms with Crippen LogP contribution in [-0.4, -0.2) is 29.3 Å². The number of aromatic hydroxyl groups is 1. The molecule has 246 valence electrons. The highest BCUT2D eigenvalue weighted by Gasteiger charge is 2.10. The van der Waals surface area contributed by atoms with E-state index in [-0.39, 0.29) is 29.8 Å². The van der Waals surface area contributed by atoms with Crippen LogP contribution in [0.4, 0.5) is 0 Å². The molecule has 2 N–H and O–H groups in total. The minimum atomic E-state index is -1.09. The Morgan fingerprint density at radius 2 is 1.06 bits per heavy atom. The predicted molar refractivity (Wildman–Crippen MR) is 185 cm³/mol. The summed E-state index contributed by atoms with van der Waals surface area (Å²) in [5.41, 5.74) is 4.28. The standard InChI is InChI=1S/C18H13ClO4.C12H9ClO.C7H7ClO3/c19-14-5-1-12(2-6-14)13-3-7-15(8-4-13)22-11-16-9-10-17(23-16)18(20)21;13-11-5-1-9(2-6-11)10-3-7-12(14)8-4-10;1-10-7(9)6-3-2-5(4-8)11-6/h1-10H,11H2,(H,20,21);1-8,14H;2-3H,4H2,1H3. The molecular weight excluding hydrogens is 679 g/mol. The Bertz CT molecular complexity index is 1850. The number of hydrogen-bond donors (Lipinski definition) is 2. The van der Waals surface area contributed by atoms with Crippen molar-refractivity contribution in [3.8, 4) is 33.8 Å². The zero-order valence-corrected chi connectivity index (χ0v) is 27.7. The van der Waals surface area contributed by atoms with E-state index in [4.69, 9.17) is 58.6 Å². The van der Waals surface area contributed by atoms with Gasteiger partial charge in [0.1, 0.15) is 29.6 Å². The summed E-state index contributed by atoms with van der Waals surface area (Å²) in [4.78, 5) is 21.5. The Morgan fingerprint density at radius 1 is 0.625 bits per heavy atom. The number of rotatable bonds is 8. The second kappa shape index (κ2) is 17.7. The van der Waals surface area contributed by atoms with Gasteiger partial charge in [0.2, 0.25) is 11.5 Å². The topological polar surface area (TPSA) is 119 Å². The number of hydrogen-bond acceptors (Lipinski definition) is 7. The number of carboxylic acids is 1. The van der Waals surface area contributed by atoms with E-state index < -0.39 is 11.9 Å². The van der Waals surface area contributed by atoms with Gasteiger partial charge in [0.25, 0.3) is 0 Å². The molecule has 0 saturated heterocycles. The number of carbonyl (C=O) groups is 2. The van der Waals surface area contributed by atoms with E-state index in [0.29, 0.717) is 22.3 Å². The minimum Gasteiger partial charge on any atom is -0.508 e. The highest BCUT2D eigenvalue weighted by atomic mass is 35.5. The number of aromatic carboxylic acids is 1. The highest BCUT2D eigenvalue weighted by molar-refractivity contribution is 6.30. The van der Waals surface area contributed by atoms with Gasteiger partial charge in [0.15, 0.2) is 0 Å². The lowest BCUT2D eigenvalue weighted by atomic mass is 10.1. The van der Waals surface area contributed by atoms with Crippen LogP contribution >= 0.6 is 34.8 Å². The summed E-state index contributed by atoms with van der Waals surface area (Å²) in [5.74, 6) is 0.751. The van der Waals surface area contributed by atoms with Gasteiger partial charge in [-0.25, -0.2) is 9.59 Å². The largest absolute Gasteiger partial charge is 0.508 e. The van der Waals surface area contributed by atoms with Crippen molar-refractivity contribution < 1.29 is 38.1 Å². The number of methoxy groups -OCH3 is 1. The number of ether oxygens (including phenoxy) is 2. The number of carboxylic acid groups (broad SMARTS) is 1. The first kappa shape index (κ1) is 35.7.